The summed E-state index contributed by atoms with van der Waals surface area (Å²) in [6, 6.07) is 44.0. The van der Waals surface area contributed by atoms with Crippen molar-refractivity contribution in [2.24, 2.45) is 0 Å². The van der Waals surface area contributed by atoms with Gasteiger partial charge in [-0.25, -0.2) is 15.0 Å². The molecule has 0 atom stereocenters. The molecule has 0 N–H and O–H groups in total. The van der Waals surface area contributed by atoms with Gasteiger partial charge >= 0.3 is 0 Å². The molecule has 0 saturated carbocycles. The van der Waals surface area contributed by atoms with Gasteiger partial charge in [0.25, 0.3) is 0 Å². The number of hydrogen-bond acceptors (Lipinski definition) is 3. The van der Waals surface area contributed by atoms with Crippen LogP contribution in [0.15, 0.2) is 127 Å². The van der Waals surface area contributed by atoms with Crippen molar-refractivity contribution >= 4 is 32.3 Å². The van der Waals surface area contributed by atoms with E-state index in [1.807, 2.05) is 60.7 Å². The van der Waals surface area contributed by atoms with E-state index in [2.05, 4.69) is 66.7 Å². The summed E-state index contributed by atoms with van der Waals surface area (Å²) in [6.07, 6.45) is 0. The molecule has 0 spiro atoms. The molecule has 0 amide bonds. The number of aromatic nitrogens is 3. The van der Waals surface area contributed by atoms with Crippen molar-refractivity contribution in [3.63, 3.8) is 0 Å². The third kappa shape index (κ3) is 3.50. The quantitative estimate of drug-likeness (QED) is 0.249. The number of hydrogen-bond donors (Lipinski definition) is 0. The van der Waals surface area contributed by atoms with Gasteiger partial charge in [0.2, 0.25) is 0 Å². The Balaban J connectivity index is 1.42. The Kier molecular flexibility index (Phi) is 4.78. The number of benzene rings is 6. The highest BCUT2D eigenvalue weighted by Crippen LogP contribution is 2.33. The fraction of sp³-hybridized carbons (Fsp3) is 0. The van der Waals surface area contributed by atoms with Gasteiger partial charge in [0.1, 0.15) is 0 Å². The summed E-state index contributed by atoms with van der Waals surface area (Å²) in [6.45, 7) is 0. The average molecular weight is 460 g/mol. The molecule has 0 aliphatic rings. The zero-order chi connectivity index (χ0) is 23.9. The van der Waals surface area contributed by atoms with E-state index in [4.69, 9.17) is 15.0 Å². The number of nitrogens with zero attached hydrogens (tertiary/aromatic N) is 3. The highest BCUT2D eigenvalue weighted by Gasteiger charge is 2.13. The SMILES string of the molecule is c1ccc(-c2nc(-c3ccccc3)nc(-c3ccc4c(ccc5c6ccccc6ccc45)c3)n2)cc1. The maximum absolute atomic E-state index is 4.89. The molecule has 1 aromatic heterocycles. The fourth-order valence-electron chi connectivity index (χ4n) is 4.91. The second kappa shape index (κ2) is 8.40. The van der Waals surface area contributed by atoms with Crippen LogP contribution in [-0.4, -0.2) is 15.0 Å². The molecule has 0 unspecified atom stereocenters. The predicted octanol–water partition coefficient (Wildman–Crippen LogP) is 8.33. The van der Waals surface area contributed by atoms with Crippen LogP contribution in [0.3, 0.4) is 0 Å². The molecule has 6 aromatic carbocycles. The zero-order valence-corrected chi connectivity index (χ0v) is 19.5. The first-order valence-corrected chi connectivity index (χ1v) is 12.0. The molecule has 0 radical (unpaired) electrons. The van der Waals surface area contributed by atoms with Crippen LogP contribution in [0.2, 0.25) is 0 Å². The van der Waals surface area contributed by atoms with Gasteiger partial charge in [0.15, 0.2) is 17.5 Å². The molecule has 3 nitrogen and oxygen atoms in total. The Bertz CT molecular complexity index is 1820. The molecule has 0 saturated heterocycles. The largest absolute Gasteiger partial charge is 0.208 e. The molecule has 7 aromatic rings. The first-order chi connectivity index (χ1) is 17.8. The van der Waals surface area contributed by atoms with Crippen molar-refractivity contribution in [3.05, 3.63) is 127 Å². The highest BCUT2D eigenvalue weighted by molar-refractivity contribution is 6.17. The number of rotatable bonds is 3. The van der Waals surface area contributed by atoms with E-state index in [1.54, 1.807) is 0 Å². The minimum absolute atomic E-state index is 0.670. The van der Waals surface area contributed by atoms with Crippen LogP contribution < -0.4 is 0 Å². The smallest absolute Gasteiger partial charge is 0.164 e. The van der Waals surface area contributed by atoms with Crippen LogP contribution in [0.1, 0.15) is 0 Å². The van der Waals surface area contributed by atoms with E-state index in [0.29, 0.717) is 17.5 Å². The van der Waals surface area contributed by atoms with Crippen LogP contribution in [0, 0.1) is 0 Å². The normalized spacial score (nSPS) is 11.3. The molecular formula is C33H21N3. The van der Waals surface area contributed by atoms with Crippen molar-refractivity contribution in [2.45, 2.75) is 0 Å². The van der Waals surface area contributed by atoms with E-state index in [1.165, 1.54) is 32.3 Å². The van der Waals surface area contributed by atoms with Crippen molar-refractivity contribution in [1.82, 2.24) is 15.0 Å². The third-order valence-electron chi connectivity index (χ3n) is 6.70. The molecular weight excluding hydrogens is 438 g/mol. The van der Waals surface area contributed by atoms with E-state index < -0.39 is 0 Å². The molecule has 3 heteroatoms. The molecule has 0 aliphatic heterocycles. The maximum atomic E-state index is 4.89. The third-order valence-corrected chi connectivity index (χ3v) is 6.70. The van der Waals surface area contributed by atoms with Gasteiger partial charge in [-0.15, -0.1) is 0 Å². The van der Waals surface area contributed by atoms with Crippen LogP contribution in [-0.2, 0) is 0 Å². The topological polar surface area (TPSA) is 38.7 Å². The molecule has 0 fully saturated rings. The zero-order valence-electron chi connectivity index (χ0n) is 19.5. The predicted molar refractivity (Wildman–Crippen MR) is 149 cm³/mol. The molecule has 0 bridgehead atoms. The summed E-state index contributed by atoms with van der Waals surface area (Å²) in [4.78, 5) is 14.6. The van der Waals surface area contributed by atoms with Crippen LogP contribution in [0.5, 0.6) is 0 Å². The summed E-state index contributed by atoms with van der Waals surface area (Å²) in [5.41, 5.74) is 2.91. The minimum Gasteiger partial charge on any atom is -0.208 e. The van der Waals surface area contributed by atoms with Crippen molar-refractivity contribution in [2.75, 3.05) is 0 Å². The lowest BCUT2D eigenvalue weighted by molar-refractivity contribution is 1.07. The van der Waals surface area contributed by atoms with Gasteiger partial charge in [0, 0.05) is 16.7 Å². The van der Waals surface area contributed by atoms with Crippen molar-refractivity contribution in [3.8, 4) is 34.2 Å². The Morgan fingerprint density at radius 2 is 0.778 bits per heavy atom. The monoisotopic (exact) mass is 459 g/mol. The lowest BCUT2D eigenvalue weighted by atomic mass is 9.96. The van der Waals surface area contributed by atoms with Gasteiger partial charge in [0.05, 0.1) is 0 Å². The van der Waals surface area contributed by atoms with Crippen LogP contribution in [0.25, 0.3) is 66.5 Å². The summed E-state index contributed by atoms with van der Waals surface area (Å²) in [5.74, 6) is 2.01. The Morgan fingerprint density at radius 1 is 0.306 bits per heavy atom. The first-order valence-electron chi connectivity index (χ1n) is 12.0. The molecule has 7 rings (SSSR count). The summed E-state index contributed by atoms with van der Waals surface area (Å²) < 4.78 is 0. The molecule has 36 heavy (non-hydrogen) atoms. The Labute approximate surface area is 208 Å². The van der Waals surface area contributed by atoms with Crippen molar-refractivity contribution < 1.29 is 0 Å². The van der Waals surface area contributed by atoms with E-state index in [0.717, 1.165) is 16.7 Å². The highest BCUT2D eigenvalue weighted by atomic mass is 15.0. The molecule has 0 aliphatic carbocycles. The van der Waals surface area contributed by atoms with E-state index in [9.17, 15) is 0 Å². The summed E-state index contributed by atoms with van der Waals surface area (Å²) in [7, 11) is 0. The molecule has 1 heterocycles. The van der Waals surface area contributed by atoms with Crippen LogP contribution in [0.4, 0.5) is 0 Å². The van der Waals surface area contributed by atoms with Gasteiger partial charge in [-0.2, -0.15) is 0 Å². The van der Waals surface area contributed by atoms with E-state index in [-0.39, 0.29) is 0 Å². The average Bonchev–Trinajstić information content (AvgIpc) is 2.97. The van der Waals surface area contributed by atoms with Crippen LogP contribution >= 0.6 is 0 Å². The van der Waals surface area contributed by atoms with Gasteiger partial charge in [-0.05, 0) is 38.4 Å². The lowest BCUT2D eigenvalue weighted by Gasteiger charge is -2.11. The fourth-order valence-corrected chi connectivity index (χ4v) is 4.91. The summed E-state index contributed by atoms with van der Waals surface area (Å²) >= 11 is 0. The molecule has 168 valence electrons. The van der Waals surface area contributed by atoms with E-state index >= 15 is 0 Å². The minimum atomic E-state index is 0.670. The van der Waals surface area contributed by atoms with Gasteiger partial charge in [-0.1, -0.05) is 121 Å². The Hall–Kier alpha value is -4.89. The van der Waals surface area contributed by atoms with Crippen molar-refractivity contribution in [1.29, 1.82) is 0 Å². The van der Waals surface area contributed by atoms with Gasteiger partial charge in [-0.3, -0.25) is 0 Å². The Morgan fingerprint density at radius 3 is 1.42 bits per heavy atom. The summed E-state index contributed by atoms with van der Waals surface area (Å²) in [5, 5.41) is 7.45. The number of fused-ring (bicyclic) bond motifs is 5. The second-order valence-electron chi connectivity index (χ2n) is 8.92. The lowest BCUT2D eigenvalue weighted by Crippen LogP contribution is -2.00. The maximum Gasteiger partial charge on any atom is 0.164 e. The second-order valence-corrected chi connectivity index (χ2v) is 8.92. The van der Waals surface area contributed by atoms with Gasteiger partial charge < -0.3 is 0 Å². The first kappa shape index (κ1) is 20.5. The standard InChI is InChI=1S/C33H21N3/c1-3-10-23(11-4-1)31-34-32(24-12-5-2-6-13-24)36-33(35-31)26-17-18-28-25(21-26)16-20-29-27-14-8-7-9-22(27)15-19-30(28)29/h1-21H.